The van der Waals surface area contributed by atoms with Crippen LogP contribution in [0.3, 0.4) is 0 Å². The van der Waals surface area contributed by atoms with Crippen molar-refractivity contribution in [3.05, 3.63) is 35.6 Å². The molecule has 1 atom stereocenters. The van der Waals surface area contributed by atoms with Gasteiger partial charge in [0.25, 0.3) is 0 Å². The number of hydrogen-bond donors (Lipinski definition) is 1. The molecule has 0 saturated heterocycles. The Morgan fingerprint density at radius 2 is 2.06 bits per heavy atom. The van der Waals surface area contributed by atoms with Gasteiger partial charge in [0.15, 0.2) is 0 Å². The van der Waals surface area contributed by atoms with Crippen molar-refractivity contribution in [2.24, 2.45) is 0 Å². The van der Waals surface area contributed by atoms with Crippen LogP contribution in [-0.2, 0) is 11.3 Å². The van der Waals surface area contributed by atoms with Crippen molar-refractivity contribution in [3.63, 3.8) is 0 Å². The van der Waals surface area contributed by atoms with Crippen molar-refractivity contribution in [2.45, 2.75) is 45.8 Å². The Morgan fingerprint density at radius 3 is 2.78 bits per heavy atom. The Morgan fingerprint density at radius 1 is 1.28 bits per heavy atom. The number of ether oxygens (including phenoxy) is 1. The summed E-state index contributed by atoms with van der Waals surface area (Å²) in [4.78, 5) is 0. The standard InChI is InChI=1S/C15H24FNO/c1-3-4-7-10-17-11-13(2)18-12-14-8-5-6-9-15(14)16/h5-6,8-9,13,17H,3-4,7,10-12H2,1-2H3. The first-order chi connectivity index (χ1) is 8.74. The van der Waals surface area contributed by atoms with Crippen LogP contribution in [-0.4, -0.2) is 19.2 Å². The summed E-state index contributed by atoms with van der Waals surface area (Å²) in [6, 6.07) is 6.75. The van der Waals surface area contributed by atoms with E-state index in [1.165, 1.54) is 25.3 Å². The summed E-state index contributed by atoms with van der Waals surface area (Å²) >= 11 is 0. The fourth-order valence-electron chi connectivity index (χ4n) is 1.71. The Hall–Kier alpha value is -0.930. The molecule has 1 unspecified atom stereocenters. The number of rotatable bonds is 9. The second-order valence-corrected chi connectivity index (χ2v) is 4.62. The third kappa shape index (κ3) is 6.12. The van der Waals surface area contributed by atoms with Crippen molar-refractivity contribution in [1.29, 1.82) is 0 Å². The van der Waals surface area contributed by atoms with E-state index in [9.17, 15) is 4.39 Å². The molecule has 0 aliphatic carbocycles. The molecule has 0 aliphatic heterocycles. The molecule has 0 radical (unpaired) electrons. The maximum absolute atomic E-state index is 13.3. The highest BCUT2D eigenvalue weighted by Crippen LogP contribution is 2.08. The van der Waals surface area contributed by atoms with Gasteiger partial charge in [0.2, 0.25) is 0 Å². The lowest BCUT2D eigenvalue weighted by Crippen LogP contribution is -2.27. The molecule has 102 valence electrons. The van der Waals surface area contributed by atoms with Gasteiger partial charge in [-0.05, 0) is 26.0 Å². The maximum atomic E-state index is 13.3. The van der Waals surface area contributed by atoms with Gasteiger partial charge in [-0.25, -0.2) is 4.39 Å². The minimum Gasteiger partial charge on any atom is -0.372 e. The highest BCUT2D eigenvalue weighted by molar-refractivity contribution is 5.16. The van der Waals surface area contributed by atoms with E-state index in [0.717, 1.165) is 13.1 Å². The van der Waals surface area contributed by atoms with Gasteiger partial charge in [-0.3, -0.25) is 0 Å². The van der Waals surface area contributed by atoms with Crippen LogP contribution in [0.4, 0.5) is 4.39 Å². The van der Waals surface area contributed by atoms with Crippen LogP contribution in [0.15, 0.2) is 24.3 Å². The first-order valence-electron chi connectivity index (χ1n) is 6.79. The van der Waals surface area contributed by atoms with Crippen LogP contribution in [0, 0.1) is 5.82 Å². The first kappa shape index (κ1) is 15.1. The number of halogens is 1. The molecule has 2 nitrogen and oxygen atoms in total. The molecule has 1 rings (SSSR count). The summed E-state index contributed by atoms with van der Waals surface area (Å²) in [5, 5.41) is 3.35. The molecule has 0 aliphatic rings. The molecular weight excluding hydrogens is 229 g/mol. The summed E-state index contributed by atoms with van der Waals surface area (Å²) in [6.45, 7) is 6.39. The molecule has 0 heterocycles. The summed E-state index contributed by atoms with van der Waals surface area (Å²) in [6.07, 6.45) is 3.81. The van der Waals surface area contributed by atoms with Gasteiger partial charge in [0, 0.05) is 12.1 Å². The van der Waals surface area contributed by atoms with E-state index >= 15 is 0 Å². The molecular formula is C15H24FNO. The Kier molecular flexibility index (Phi) is 7.62. The van der Waals surface area contributed by atoms with E-state index in [1.54, 1.807) is 12.1 Å². The van der Waals surface area contributed by atoms with Crippen molar-refractivity contribution in [3.8, 4) is 0 Å². The molecule has 0 bridgehead atoms. The summed E-state index contributed by atoms with van der Waals surface area (Å²) in [5.41, 5.74) is 0.621. The maximum Gasteiger partial charge on any atom is 0.128 e. The minimum absolute atomic E-state index is 0.103. The zero-order valence-corrected chi connectivity index (χ0v) is 11.4. The summed E-state index contributed by atoms with van der Waals surface area (Å²) in [7, 11) is 0. The van der Waals surface area contributed by atoms with Crippen molar-refractivity contribution in [1.82, 2.24) is 5.32 Å². The second-order valence-electron chi connectivity index (χ2n) is 4.62. The van der Waals surface area contributed by atoms with Gasteiger partial charge in [0.05, 0.1) is 12.7 Å². The third-order valence-electron chi connectivity index (χ3n) is 2.87. The van der Waals surface area contributed by atoms with Gasteiger partial charge in [-0.1, -0.05) is 38.0 Å². The number of unbranched alkanes of at least 4 members (excludes halogenated alkanes) is 2. The number of hydrogen-bond acceptors (Lipinski definition) is 2. The molecule has 0 aromatic heterocycles. The van der Waals surface area contributed by atoms with Crippen LogP contribution < -0.4 is 5.32 Å². The molecule has 18 heavy (non-hydrogen) atoms. The Labute approximate surface area is 110 Å². The van der Waals surface area contributed by atoms with E-state index in [4.69, 9.17) is 4.74 Å². The summed E-state index contributed by atoms with van der Waals surface area (Å²) in [5.74, 6) is -0.194. The largest absolute Gasteiger partial charge is 0.372 e. The van der Waals surface area contributed by atoms with Crippen LogP contribution in [0.1, 0.15) is 38.7 Å². The quantitative estimate of drug-likeness (QED) is 0.680. The monoisotopic (exact) mass is 253 g/mol. The predicted octanol–water partition coefficient (Wildman–Crippen LogP) is 3.51. The molecule has 0 spiro atoms. The van der Waals surface area contributed by atoms with Gasteiger partial charge in [0.1, 0.15) is 5.82 Å². The molecule has 0 saturated carbocycles. The molecule has 1 aromatic carbocycles. The van der Waals surface area contributed by atoms with E-state index in [-0.39, 0.29) is 11.9 Å². The fraction of sp³-hybridized carbons (Fsp3) is 0.600. The fourth-order valence-corrected chi connectivity index (χ4v) is 1.71. The van der Waals surface area contributed by atoms with Crippen molar-refractivity contribution in [2.75, 3.05) is 13.1 Å². The Balaban J connectivity index is 2.13. The zero-order valence-electron chi connectivity index (χ0n) is 11.4. The predicted molar refractivity (Wildman–Crippen MR) is 73.0 cm³/mol. The third-order valence-corrected chi connectivity index (χ3v) is 2.87. The molecule has 1 aromatic rings. The van der Waals surface area contributed by atoms with Crippen LogP contribution >= 0.6 is 0 Å². The topological polar surface area (TPSA) is 21.3 Å². The highest BCUT2D eigenvalue weighted by Gasteiger charge is 2.05. The normalized spacial score (nSPS) is 12.6. The van der Waals surface area contributed by atoms with Gasteiger partial charge in [-0.2, -0.15) is 0 Å². The molecule has 1 N–H and O–H groups in total. The number of benzene rings is 1. The molecule has 0 fully saturated rings. The van der Waals surface area contributed by atoms with Crippen molar-refractivity contribution >= 4 is 0 Å². The van der Waals surface area contributed by atoms with E-state index in [2.05, 4.69) is 12.2 Å². The van der Waals surface area contributed by atoms with Gasteiger partial charge in [-0.15, -0.1) is 0 Å². The lowest BCUT2D eigenvalue weighted by molar-refractivity contribution is 0.0516. The molecule has 0 amide bonds. The lowest BCUT2D eigenvalue weighted by Gasteiger charge is -2.14. The average molecular weight is 253 g/mol. The van der Waals surface area contributed by atoms with E-state index in [0.29, 0.717) is 12.2 Å². The van der Waals surface area contributed by atoms with E-state index < -0.39 is 0 Å². The SMILES string of the molecule is CCCCCNCC(C)OCc1ccccc1F. The Bertz CT molecular complexity index is 330. The van der Waals surface area contributed by atoms with Gasteiger partial charge < -0.3 is 10.1 Å². The average Bonchev–Trinajstić information content (AvgIpc) is 2.37. The van der Waals surface area contributed by atoms with Crippen molar-refractivity contribution < 1.29 is 9.13 Å². The van der Waals surface area contributed by atoms with E-state index in [1.807, 2.05) is 13.0 Å². The highest BCUT2D eigenvalue weighted by atomic mass is 19.1. The van der Waals surface area contributed by atoms with Crippen LogP contribution in [0.5, 0.6) is 0 Å². The second kappa shape index (κ2) is 9.06. The first-order valence-corrected chi connectivity index (χ1v) is 6.79. The van der Waals surface area contributed by atoms with Crippen LogP contribution in [0.2, 0.25) is 0 Å². The lowest BCUT2D eigenvalue weighted by atomic mass is 10.2. The minimum atomic E-state index is -0.194. The van der Waals surface area contributed by atoms with Crippen LogP contribution in [0.25, 0.3) is 0 Å². The number of nitrogens with one attached hydrogen (secondary N) is 1. The van der Waals surface area contributed by atoms with Gasteiger partial charge >= 0.3 is 0 Å². The smallest absolute Gasteiger partial charge is 0.128 e. The molecule has 3 heteroatoms. The zero-order chi connectivity index (χ0) is 13.2. The summed E-state index contributed by atoms with van der Waals surface area (Å²) < 4.78 is 18.9.